The lowest BCUT2D eigenvalue weighted by molar-refractivity contribution is -0.302. The molecule has 7 atom stereocenters. The molecule has 6 N–H and O–H groups in total. The molecule has 1 aliphatic rings. The van der Waals surface area contributed by atoms with Crippen LogP contribution in [-0.4, -0.2) is 100 Å². The molecule has 564 valence electrons. The highest BCUT2D eigenvalue weighted by molar-refractivity contribution is 5.76. The fourth-order valence-electron chi connectivity index (χ4n) is 13.3. The smallest absolute Gasteiger partial charge is 0.305 e. The lowest BCUT2D eigenvalue weighted by Crippen LogP contribution is -2.60. The second-order valence-electron chi connectivity index (χ2n) is 29.2. The van der Waals surface area contributed by atoms with Gasteiger partial charge in [-0.15, -0.1) is 0 Å². The van der Waals surface area contributed by atoms with Gasteiger partial charge in [0.05, 0.1) is 32.0 Å². The second kappa shape index (κ2) is 73.8. The fourth-order valence-corrected chi connectivity index (χ4v) is 13.3. The fraction of sp³-hybridized carbons (Fsp3) is 0.882. The topological polar surface area (TPSA) is 175 Å². The summed E-state index contributed by atoms with van der Waals surface area (Å²) in [6.07, 6.45) is 88.8. The number of unbranched alkanes of at least 4 members (excludes halogenated alkanes) is 55. The van der Waals surface area contributed by atoms with Crippen molar-refractivity contribution in [1.82, 2.24) is 5.32 Å². The summed E-state index contributed by atoms with van der Waals surface area (Å²) in [6.45, 7) is 4.38. The highest BCUT2D eigenvalue weighted by Crippen LogP contribution is 2.24. The summed E-state index contributed by atoms with van der Waals surface area (Å²) in [5, 5.41) is 54.5. The molecule has 1 heterocycles. The van der Waals surface area contributed by atoms with Gasteiger partial charge in [-0.1, -0.05) is 364 Å². The van der Waals surface area contributed by atoms with E-state index in [4.69, 9.17) is 14.2 Å². The number of aliphatic hydroxyl groups is 5. The summed E-state index contributed by atoms with van der Waals surface area (Å²) in [5.41, 5.74) is 0. The van der Waals surface area contributed by atoms with Crippen molar-refractivity contribution in [3.05, 3.63) is 48.6 Å². The summed E-state index contributed by atoms with van der Waals surface area (Å²) in [6, 6.07) is -0.807. The van der Waals surface area contributed by atoms with Gasteiger partial charge in [-0.2, -0.15) is 0 Å². The Labute approximate surface area is 593 Å². The summed E-state index contributed by atoms with van der Waals surface area (Å²) >= 11 is 0. The van der Waals surface area contributed by atoms with Crippen LogP contribution in [0.25, 0.3) is 0 Å². The minimum Gasteiger partial charge on any atom is -0.466 e. The van der Waals surface area contributed by atoms with Crippen molar-refractivity contribution in [1.29, 1.82) is 0 Å². The van der Waals surface area contributed by atoms with E-state index in [1.165, 1.54) is 327 Å². The maximum Gasteiger partial charge on any atom is 0.305 e. The van der Waals surface area contributed by atoms with Crippen molar-refractivity contribution in [2.24, 2.45) is 0 Å². The monoisotopic (exact) mass is 1350 g/mol. The molecule has 11 heteroatoms. The van der Waals surface area contributed by atoms with E-state index in [0.717, 1.165) is 64.2 Å². The molecule has 1 aliphatic heterocycles. The van der Waals surface area contributed by atoms with Crippen molar-refractivity contribution in [2.75, 3.05) is 19.8 Å². The van der Waals surface area contributed by atoms with Gasteiger partial charge in [0.15, 0.2) is 6.29 Å². The summed E-state index contributed by atoms with van der Waals surface area (Å²) in [7, 11) is 0. The Kier molecular flexibility index (Phi) is 70.5. The van der Waals surface area contributed by atoms with Crippen molar-refractivity contribution in [3.63, 3.8) is 0 Å². The molecule has 1 saturated heterocycles. The zero-order valence-electron chi connectivity index (χ0n) is 63.1. The number of aliphatic hydroxyl groups excluding tert-OH is 5. The van der Waals surface area contributed by atoms with Gasteiger partial charge < -0.3 is 45.1 Å². The van der Waals surface area contributed by atoms with Gasteiger partial charge in [0, 0.05) is 12.8 Å². The van der Waals surface area contributed by atoms with Gasteiger partial charge in [-0.3, -0.25) is 9.59 Å². The zero-order valence-corrected chi connectivity index (χ0v) is 63.1. The summed E-state index contributed by atoms with van der Waals surface area (Å²) in [5.74, 6) is -0.165. The number of hydrogen-bond donors (Lipinski definition) is 6. The zero-order chi connectivity index (χ0) is 69.4. The predicted molar refractivity (Wildman–Crippen MR) is 407 cm³/mol. The molecule has 0 bridgehead atoms. The van der Waals surface area contributed by atoms with E-state index < -0.39 is 49.5 Å². The van der Waals surface area contributed by atoms with Crippen LogP contribution < -0.4 is 5.32 Å². The van der Waals surface area contributed by atoms with Crippen LogP contribution in [-0.2, 0) is 23.8 Å². The Morgan fingerprint density at radius 1 is 0.385 bits per heavy atom. The molecule has 1 amide bonds. The number of nitrogens with one attached hydrogen (secondary N) is 1. The van der Waals surface area contributed by atoms with Gasteiger partial charge in [-0.25, -0.2) is 0 Å². The average molecular weight is 1360 g/mol. The number of carbonyl (C=O) groups excluding carboxylic acids is 2. The van der Waals surface area contributed by atoms with Gasteiger partial charge in [0.1, 0.15) is 24.4 Å². The molecular formula is C85H159NO10. The number of esters is 1. The van der Waals surface area contributed by atoms with Gasteiger partial charge in [0.25, 0.3) is 0 Å². The standard InChI is InChI=1S/C85H159NO10/c1-3-5-7-9-11-13-15-16-17-18-43-46-49-53-57-61-65-69-73-81(90)94-74-70-66-62-58-54-50-47-44-41-39-37-35-33-31-29-27-25-23-21-19-20-22-24-26-28-30-32-34-36-38-40-42-45-48-52-56-60-64-68-72-80(89)86-77(76-95-85-84(93)83(92)82(91)79(75-87)96-85)78(88)71-67-63-59-55-51-14-12-10-8-6-4-2/h17-20,23,25,67,71,77-79,82-85,87-88,91-93H,3-16,21-22,24,26-66,68-70,72-76H2,1-2H3,(H,86,89)/b18-17-,20-19-,25-23-,71-67+. The summed E-state index contributed by atoms with van der Waals surface area (Å²) in [4.78, 5) is 25.2. The normalized spacial score (nSPS) is 17.5. The van der Waals surface area contributed by atoms with Gasteiger partial charge in [0.2, 0.25) is 5.91 Å². The van der Waals surface area contributed by atoms with E-state index in [0.29, 0.717) is 19.4 Å². The molecule has 0 spiro atoms. The number of allylic oxidation sites excluding steroid dienone is 7. The first kappa shape index (κ1) is 91.6. The molecule has 1 fully saturated rings. The number of carbonyl (C=O) groups is 2. The van der Waals surface area contributed by atoms with Crippen molar-refractivity contribution in [2.45, 2.75) is 461 Å². The molecule has 7 unspecified atom stereocenters. The Morgan fingerprint density at radius 2 is 0.698 bits per heavy atom. The third-order valence-electron chi connectivity index (χ3n) is 19.9. The van der Waals surface area contributed by atoms with Gasteiger partial charge >= 0.3 is 5.97 Å². The molecule has 0 aromatic heterocycles. The SMILES string of the molecule is CCCCCCCCC/C=C\CCCCCCCCCC(=O)OCCCCCCCCCCCCCCCCC/C=C\C/C=C\CCCCCCCCCCCCCCCCCCCC(=O)NC(COC1OC(CO)C(O)C(O)C1O)C(O)/C=C/CCCCCCCCCCC. The van der Waals surface area contributed by atoms with Crippen molar-refractivity contribution < 1.29 is 49.3 Å². The molecule has 0 aromatic carbocycles. The first-order chi connectivity index (χ1) is 47.2. The van der Waals surface area contributed by atoms with Crippen LogP contribution >= 0.6 is 0 Å². The van der Waals surface area contributed by atoms with Crippen LogP contribution in [0.1, 0.15) is 418 Å². The molecule has 96 heavy (non-hydrogen) atoms. The van der Waals surface area contributed by atoms with Crippen molar-refractivity contribution in [3.8, 4) is 0 Å². The maximum absolute atomic E-state index is 13.1. The molecule has 0 saturated carbocycles. The highest BCUT2D eigenvalue weighted by Gasteiger charge is 2.44. The molecule has 11 nitrogen and oxygen atoms in total. The molecule has 1 rings (SSSR count). The Balaban J connectivity index is 1.87. The largest absolute Gasteiger partial charge is 0.466 e. The van der Waals surface area contributed by atoms with E-state index in [1.807, 2.05) is 6.08 Å². The molecule has 0 aliphatic carbocycles. The number of rotatable bonds is 75. The van der Waals surface area contributed by atoms with Crippen molar-refractivity contribution >= 4 is 11.9 Å². The molecule has 0 radical (unpaired) electrons. The Bertz CT molecular complexity index is 1740. The minimum absolute atomic E-state index is 0.0123. The number of hydrogen-bond acceptors (Lipinski definition) is 10. The second-order valence-corrected chi connectivity index (χ2v) is 29.2. The van der Waals surface area contributed by atoms with Crippen LogP contribution in [0.5, 0.6) is 0 Å². The van der Waals surface area contributed by atoms with Crippen LogP contribution in [0, 0.1) is 0 Å². The maximum atomic E-state index is 13.1. The quantitative estimate of drug-likeness (QED) is 0.0195. The van der Waals surface area contributed by atoms with Gasteiger partial charge in [-0.05, 0) is 89.9 Å². The van der Waals surface area contributed by atoms with Crippen LogP contribution in [0.3, 0.4) is 0 Å². The van der Waals surface area contributed by atoms with Crippen LogP contribution in [0.2, 0.25) is 0 Å². The number of amides is 1. The third-order valence-corrected chi connectivity index (χ3v) is 19.9. The predicted octanol–water partition coefficient (Wildman–Crippen LogP) is 23.0. The summed E-state index contributed by atoms with van der Waals surface area (Å²) < 4.78 is 16.8. The average Bonchev–Trinajstić information content (AvgIpc) is 0.844. The Hall–Kier alpha value is -2.38. The van der Waals surface area contributed by atoms with Crippen LogP contribution in [0.4, 0.5) is 0 Å². The Morgan fingerprint density at radius 3 is 1.06 bits per heavy atom. The van der Waals surface area contributed by atoms with E-state index in [1.54, 1.807) is 6.08 Å². The van der Waals surface area contributed by atoms with E-state index in [9.17, 15) is 35.1 Å². The molecular weight excluding hydrogens is 1190 g/mol. The first-order valence-electron chi connectivity index (χ1n) is 41.9. The van der Waals surface area contributed by atoms with E-state index >= 15 is 0 Å². The third kappa shape index (κ3) is 61.5. The molecule has 0 aromatic rings. The van der Waals surface area contributed by atoms with E-state index in [2.05, 4.69) is 55.6 Å². The number of ether oxygens (including phenoxy) is 3. The van der Waals surface area contributed by atoms with Crippen LogP contribution in [0.15, 0.2) is 48.6 Å². The lowest BCUT2D eigenvalue weighted by atomic mass is 9.99. The minimum atomic E-state index is -1.57. The van der Waals surface area contributed by atoms with E-state index in [-0.39, 0.29) is 18.5 Å². The highest BCUT2D eigenvalue weighted by atomic mass is 16.7. The first-order valence-corrected chi connectivity index (χ1v) is 41.9. The lowest BCUT2D eigenvalue weighted by Gasteiger charge is -2.40.